The highest BCUT2D eigenvalue weighted by atomic mass is 32.2. The van der Waals surface area contributed by atoms with Crippen LogP contribution in [0.15, 0.2) is 65.6 Å². The first-order chi connectivity index (χ1) is 18.7. The van der Waals surface area contributed by atoms with Crippen LogP contribution in [0, 0.1) is 13.8 Å². The van der Waals surface area contributed by atoms with E-state index in [2.05, 4.69) is 5.32 Å². The van der Waals surface area contributed by atoms with Crippen molar-refractivity contribution >= 4 is 63.3 Å². The number of thioether (sulfide) groups is 1. The summed E-state index contributed by atoms with van der Waals surface area (Å²) in [5.41, 5.74) is 5.38. The van der Waals surface area contributed by atoms with Crippen LogP contribution in [0.25, 0.3) is 6.08 Å². The minimum Gasteiger partial charge on any atom is -0.490 e. The van der Waals surface area contributed by atoms with E-state index in [1.165, 1.54) is 11.8 Å². The van der Waals surface area contributed by atoms with Crippen molar-refractivity contribution < 1.29 is 19.1 Å². The van der Waals surface area contributed by atoms with Crippen LogP contribution in [-0.4, -0.2) is 43.4 Å². The van der Waals surface area contributed by atoms with Crippen LogP contribution in [0.4, 0.5) is 17.1 Å². The molecule has 0 radical (unpaired) electrons. The van der Waals surface area contributed by atoms with Crippen molar-refractivity contribution in [2.45, 2.75) is 20.8 Å². The number of aryl methyl sites for hydroxylation is 2. The molecule has 4 rings (SSSR count). The zero-order valence-corrected chi connectivity index (χ0v) is 24.2. The predicted molar refractivity (Wildman–Crippen MR) is 164 cm³/mol. The summed E-state index contributed by atoms with van der Waals surface area (Å²) in [6.07, 6.45) is 1.78. The number of carbonyl (C=O) groups excluding carboxylic acids is 2. The summed E-state index contributed by atoms with van der Waals surface area (Å²) in [7, 11) is 3.93. The summed E-state index contributed by atoms with van der Waals surface area (Å²) in [6, 6.07) is 18.9. The van der Waals surface area contributed by atoms with E-state index in [-0.39, 0.29) is 18.4 Å². The molecule has 0 saturated carbocycles. The van der Waals surface area contributed by atoms with Crippen molar-refractivity contribution in [2.24, 2.45) is 0 Å². The molecule has 1 N–H and O–H groups in total. The third-order valence-electron chi connectivity index (χ3n) is 6.00. The minimum atomic E-state index is -0.268. The van der Waals surface area contributed by atoms with Crippen molar-refractivity contribution in [1.29, 1.82) is 0 Å². The van der Waals surface area contributed by atoms with Crippen LogP contribution in [0.5, 0.6) is 11.5 Å². The molecule has 39 heavy (non-hydrogen) atoms. The standard InChI is InChI=1S/C30H31N3O4S2/c1-6-36-26-16-21(8-14-25(26)37-18-28(34)31-24-13-7-19(2)15-20(24)3)17-27-29(35)33(30(38)39-27)23-11-9-22(10-12-23)32(4)5/h7-17H,6,18H2,1-5H3,(H,31,34)/b27-17-. The first-order valence-electron chi connectivity index (χ1n) is 12.5. The van der Waals surface area contributed by atoms with Crippen molar-refractivity contribution in [3.8, 4) is 11.5 Å². The highest BCUT2D eigenvalue weighted by Gasteiger charge is 2.33. The van der Waals surface area contributed by atoms with Gasteiger partial charge < -0.3 is 19.7 Å². The first kappa shape index (κ1) is 28.2. The topological polar surface area (TPSA) is 71.1 Å². The average Bonchev–Trinajstić information content (AvgIpc) is 3.17. The zero-order valence-electron chi connectivity index (χ0n) is 22.6. The molecular weight excluding hydrogens is 530 g/mol. The van der Waals surface area contributed by atoms with E-state index in [0.29, 0.717) is 27.3 Å². The molecule has 1 fully saturated rings. The molecule has 3 aromatic rings. The van der Waals surface area contributed by atoms with Crippen LogP contribution in [0.3, 0.4) is 0 Å². The summed E-state index contributed by atoms with van der Waals surface area (Å²) in [4.78, 5) is 29.8. The molecule has 0 spiro atoms. The zero-order chi connectivity index (χ0) is 28.1. The molecule has 2 amide bonds. The Hall–Kier alpha value is -3.82. The van der Waals surface area contributed by atoms with Crippen LogP contribution >= 0.6 is 24.0 Å². The van der Waals surface area contributed by atoms with Crippen LogP contribution < -0.4 is 24.6 Å². The van der Waals surface area contributed by atoms with E-state index in [1.807, 2.05) is 88.3 Å². The van der Waals surface area contributed by atoms with Gasteiger partial charge in [0.05, 0.1) is 17.2 Å². The highest BCUT2D eigenvalue weighted by Crippen LogP contribution is 2.37. The second-order valence-electron chi connectivity index (χ2n) is 9.22. The Morgan fingerprint density at radius 2 is 1.77 bits per heavy atom. The lowest BCUT2D eigenvalue weighted by atomic mass is 10.1. The fourth-order valence-electron chi connectivity index (χ4n) is 4.03. The fraction of sp³-hybridized carbons (Fsp3) is 0.233. The van der Waals surface area contributed by atoms with Gasteiger partial charge in [0.25, 0.3) is 11.8 Å². The van der Waals surface area contributed by atoms with E-state index in [1.54, 1.807) is 23.1 Å². The Morgan fingerprint density at radius 1 is 1.03 bits per heavy atom. The number of hydrogen-bond donors (Lipinski definition) is 1. The molecule has 0 unspecified atom stereocenters. The molecule has 9 heteroatoms. The lowest BCUT2D eigenvalue weighted by Gasteiger charge is -2.17. The number of hydrogen-bond acceptors (Lipinski definition) is 7. The normalized spacial score (nSPS) is 14.1. The third kappa shape index (κ3) is 6.79. The summed E-state index contributed by atoms with van der Waals surface area (Å²) in [5.74, 6) is 0.485. The number of ether oxygens (including phenoxy) is 2. The second-order valence-corrected chi connectivity index (χ2v) is 10.9. The smallest absolute Gasteiger partial charge is 0.270 e. The van der Waals surface area contributed by atoms with Crippen LogP contribution in [0.1, 0.15) is 23.6 Å². The number of carbonyl (C=O) groups is 2. The maximum atomic E-state index is 13.2. The number of amides is 2. The molecule has 202 valence electrons. The van der Waals surface area contributed by atoms with Crippen molar-refractivity contribution in [2.75, 3.05) is 42.4 Å². The first-order valence-corrected chi connectivity index (χ1v) is 13.7. The van der Waals surface area contributed by atoms with Gasteiger partial charge in [0.15, 0.2) is 22.4 Å². The van der Waals surface area contributed by atoms with E-state index in [4.69, 9.17) is 21.7 Å². The van der Waals surface area contributed by atoms with Gasteiger partial charge in [-0.2, -0.15) is 0 Å². The third-order valence-corrected chi connectivity index (χ3v) is 7.30. The number of nitrogens with zero attached hydrogens (tertiary/aromatic N) is 2. The summed E-state index contributed by atoms with van der Waals surface area (Å²) in [5, 5.41) is 2.88. The Labute approximate surface area is 238 Å². The van der Waals surface area contributed by atoms with E-state index >= 15 is 0 Å². The molecule has 7 nitrogen and oxygen atoms in total. The predicted octanol–water partition coefficient (Wildman–Crippen LogP) is 6.19. The lowest BCUT2D eigenvalue weighted by Crippen LogP contribution is -2.27. The van der Waals surface area contributed by atoms with Gasteiger partial charge in [-0.1, -0.05) is 47.7 Å². The van der Waals surface area contributed by atoms with Gasteiger partial charge in [-0.3, -0.25) is 14.5 Å². The van der Waals surface area contributed by atoms with Crippen LogP contribution in [-0.2, 0) is 9.59 Å². The molecule has 0 atom stereocenters. The van der Waals surface area contributed by atoms with Crippen LogP contribution in [0.2, 0.25) is 0 Å². The maximum absolute atomic E-state index is 13.2. The number of benzene rings is 3. The van der Waals surface area contributed by atoms with Crippen molar-refractivity contribution in [3.63, 3.8) is 0 Å². The van der Waals surface area contributed by atoms with Gasteiger partial charge in [0.2, 0.25) is 0 Å². The number of thiocarbonyl (C=S) groups is 1. The largest absolute Gasteiger partial charge is 0.490 e. The quantitative estimate of drug-likeness (QED) is 0.247. The number of rotatable bonds is 9. The Kier molecular flexibility index (Phi) is 8.93. The Morgan fingerprint density at radius 3 is 2.44 bits per heavy atom. The van der Waals surface area contributed by atoms with E-state index in [0.717, 1.165) is 33.8 Å². The average molecular weight is 562 g/mol. The van der Waals surface area contributed by atoms with Gasteiger partial charge >= 0.3 is 0 Å². The molecular formula is C30H31N3O4S2. The van der Waals surface area contributed by atoms with Crippen molar-refractivity contribution in [1.82, 2.24) is 0 Å². The summed E-state index contributed by atoms with van der Waals surface area (Å²) in [6.45, 7) is 6.07. The van der Waals surface area contributed by atoms with Gasteiger partial charge in [-0.15, -0.1) is 0 Å². The summed E-state index contributed by atoms with van der Waals surface area (Å²) < 4.78 is 12.0. The van der Waals surface area contributed by atoms with Crippen molar-refractivity contribution in [3.05, 3.63) is 82.3 Å². The van der Waals surface area contributed by atoms with Gasteiger partial charge in [-0.25, -0.2) is 0 Å². The van der Waals surface area contributed by atoms with Gasteiger partial charge in [-0.05, 0) is 80.4 Å². The molecule has 0 aliphatic carbocycles. The SMILES string of the molecule is CCOc1cc(/C=C2\SC(=S)N(c3ccc(N(C)C)cc3)C2=O)ccc1OCC(=O)Nc1ccc(C)cc1C. The summed E-state index contributed by atoms with van der Waals surface area (Å²) >= 11 is 6.78. The molecule has 1 saturated heterocycles. The monoisotopic (exact) mass is 561 g/mol. The maximum Gasteiger partial charge on any atom is 0.270 e. The fourth-order valence-corrected chi connectivity index (χ4v) is 5.33. The second kappa shape index (κ2) is 12.4. The number of anilines is 3. The Balaban J connectivity index is 1.47. The molecule has 1 heterocycles. The molecule has 0 bridgehead atoms. The van der Waals surface area contributed by atoms with E-state index < -0.39 is 0 Å². The number of nitrogens with one attached hydrogen (secondary N) is 1. The molecule has 0 aromatic heterocycles. The Bertz CT molecular complexity index is 1430. The minimum absolute atomic E-state index is 0.169. The molecule has 3 aromatic carbocycles. The van der Waals surface area contributed by atoms with E-state index in [9.17, 15) is 9.59 Å². The molecule has 1 aliphatic heterocycles. The lowest BCUT2D eigenvalue weighted by molar-refractivity contribution is -0.118. The van der Waals surface area contributed by atoms with Gasteiger partial charge in [0, 0.05) is 25.5 Å². The molecule has 1 aliphatic rings. The highest BCUT2D eigenvalue weighted by molar-refractivity contribution is 8.27. The van der Waals surface area contributed by atoms with Gasteiger partial charge in [0.1, 0.15) is 0 Å².